The molecule has 0 aliphatic carbocycles. The van der Waals surface area contributed by atoms with E-state index >= 15 is 0 Å². The van der Waals surface area contributed by atoms with Crippen molar-refractivity contribution >= 4 is 64.5 Å². The minimum atomic E-state index is -6.29. The van der Waals surface area contributed by atoms with Crippen LogP contribution in [0, 0.1) is 0 Å². The van der Waals surface area contributed by atoms with E-state index in [1.165, 1.54) is 19.3 Å². The molecule has 1 amide bonds. The Morgan fingerprint density at radius 1 is 1.01 bits per heavy atom. The number of amides is 1. The van der Waals surface area contributed by atoms with Gasteiger partial charge >= 0.3 is 11.7 Å². The van der Waals surface area contributed by atoms with Crippen LogP contribution in [0.2, 0.25) is 0 Å². The third-order valence-corrected chi connectivity index (χ3v) is 14.8. The molecule has 26 nitrogen and oxygen atoms in total. The van der Waals surface area contributed by atoms with E-state index in [4.69, 9.17) is 13.7 Å². The number of aromatic nitrogens is 3. The average molecular weight is 1060 g/mol. The van der Waals surface area contributed by atoms with Crippen molar-refractivity contribution in [2.75, 3.05) is 31.7 Å². The Bertz CT molecular complexity index is 2810. The number of H-pyrrole nitrogens is 1. The Labute approximate surface area is 401 Å². The van der Waals surface area contributed by atoms with Gasteiger partial charge < -0.3 is 67.3 Å². The van der Waals surface area contributed by atoms with E-state index in [1.807, 2.05) is 54.6 Å². The summed E-state index contributed by atoms with van der Waals surface area (Å²) < 4.78 is 85.0. The first kappa shape index (κ1) is 56.1. The number of hydrogen-bond acceptors (Lipinski definition) is 22. The topological polar surface area (TPSA) is 388 Å². The van der Waals surface area contributed by atoms with Crippen molar-refractivity contribution in [1.29, 1.82) is 0 Å². The number of phosphoric acid groups is 3. The number of aliphatic hydroxyl groups is 2. The number of allylic oxidation sites excluding steroid dienone is 3. The summed E-state index contributed by atoms with van der Waals surface area (Å²) in [5.74, 6) is -0.605. The number of fused-ring (bicyclic) bond motifs is 1. The number of esters is 1. The van der Waals surface area contributed by atoms with Crippen LogP contribution >= 0.6 is 23.5 Å². The van der Waals surface area contributed by atoms with Gasteiger partial charge in [0.2, 0.25) is 11.6 Å². The Balaban J connectivity index is 1.16. The number of ether oxygens (including phenoxy) is 2. The highest BCUT2D eigenvalue weighted by Gasteiger charge is 2.45. The summed E-state index contributed by atoms with van der Waals surface area (Å²) in [6.45, 7) is 5.78. The second-order valence-electron chi connectivity index (χ2n) is 15.9. The van der Waals surface area contributed by atoms with Crippen molar-refractivity contribution in [2.45, 2.75) is 83.0 Å². The van der Waals surface area contributed by atoms with Crippen LogP contribution in [0.4, 0.5) is 5.69 Å². The molecule has 3 aromatic rings. The first-order valence-electron chi connectivity index (χ1n) is 21.0. The molecule has 1 aromatic carbocycles. The minimum absolute atomic E-state index is 0.0570. The maximum atomic E-state index is 12.7. The second kappa shape index (κ2) is 23.6. The normalized spacial score (nSPS) is 21.7. The highest BCUT2D eigenvalue weighted by atomic mass is 32.2. The van der Waals surface area contributed by atoms with Gasteiger partial charge in [0, 0.05) is 54.6 Å². The number of hydrogen-bond donors (Lipinski definition) is 4. The van der Waals surface area contributed by atoms with Crippen LogP contribution < -0.4 is 49.8 Å². The van der Waals surface area contributed by atoms with Crippen LogP contribution in [0.3, 0.4) is 0 Å². The van der Waals surface area contributed by atoms with Crippen LogP contribution in [-0.2, 0) is 64.4 Å². The van der Waals surface area contributed by atoms with Crippen molar-refractivity contribution in [3.05, 3.63) is 110 Å². The number of rotatable bonds is 23. The number of unbranched alkanes of at least 4 members (excludes halogenated alkanes) is 2. The molecule has 0 radical (unpaired) electrons. The van der Waals surface area contributed by atoms with Crippen LogP contribution in [0.5, 0.6) is 5.75 Å². The highest BCUT2D eigenvalue weighted by molar-refractivity contribution is 7.74. The number of pyridine rings is 1. The number of carbonyl (C=O) groups excluding carboxylic acids is 2. The summed E-state index contributed by atoms with van der Waals surface area (Å²) in [6.07, 6.45) is 5.47. The monoisotopic (exact) mass is 1060 g/mol. The summed E-state index contributed by atoms with van der Waals surface area (Å²) in [4.78, 5) is 98.6. The predicted molar refractivity (Wildman–Crippen MR) is 236 cm³/mol. The van der Waals surface area contributed by atoms with Gasteiger partial charge in [-0.25, -0.2) is 18.1 Å². The number of aromatic amines is 1. The van der Waals surface area contributed by atoms with E-state index in [2.05, 4.69) is 23.4 Å². The number of methoxy groups -OCH3 is 1. The lowest BCUT2D eigenvalue weighted by atomic mass is 9.83. The van der Waals surface area contributed by atoms with Crippen LogP contribution in [0.15, 0.2) is 76.2 Å². The van der Waals surface area contributed by atoms with Gasteiger partial charge in [0.1, 0.15) is 47.5 Å². The molecule has 7 unspecified atom stereocenters. The molecular weight excluding hydrogens is 1010 g/mol. The van der Waals surface area contributed by atoms with Gasteiger partial charge in [-0.2, -0.15) is 4.57 Å². The zero-order valence-corrected chi connectivity index (χ0v) is 41.1. The van der Waals surface area contributed by atoms with E-state index in [0.717, 1.165) is 28.8 Å². The molecule has 30 heteroatoms. The zero-order chi connectivity index (χ0) is 51.8. The molecule has 0 spiro atoms. The molecule has 2 aromatic heterocycles. The zero-order valence-electron chi connectivity index (χ0n) is 37.6. The number of benzene rings is 1. The van der Waals surface area contributed by atoms with Crippen LogP contribution in [-0.4, -0.2) is 85.5 Å². The number of carbonyl (C=O) groups is 2. The third kappa shape index (κ3) is 14.9. The van der Waals surface area contributed by atoms with E-state index < -0.39 is 88.6 Å². The molecule has 1 fully saturated rings. The lowest BCUT2D eigenvalue weighted by Gasteiger charge is -2.37. The van der Waals surface area contributed by atoms with Crippen molar-refractivity contribution in [3.63, 3.8) is 0 Å². The minimum Gasteiger partial charge on any atom is -0.790 e. The molecule has 0 saturated carbocycles. The molecule has 1 saturated heterocycles. The fraction of sp³-hybridized carbons (Fsp3) is 0.425. The van der Waals surface area contributed by atoms with Crippen LogP contribution in [0.25, 0.3) is 12.2 Å². The van der Waals surface area contributed by atoms with Crippen molar-refractivity contribution < 1.29 is 93.2 Å². The van der Waals surface area contributed by atoms with Crippen molar-refractivity contribution in [1.82, 2.24) is 14.9 Å². The lowest BCUT2D eigenvalue weighted by Crippen LogP contribution is -2.38. The molecule has 5 rings (SSSR count). The van der Waals surface area contributed by atoms with E-state index in [9.17, 15) is 71.4 Å². The summed E-state index contributed by atoms with van der Waals surface area (Å²) in [6, 6.07) is 8.53. The van der Waals surface area contributed by atoms with Gasteiger partial charge in [0.15, 0.2) is 12.4 Å². The number of anilines is 1. The lowest BCUT2D eigenvalue weighted by molar-refractivity contribution is -0.695. The molecular formula is C40H48N5O21P3S-4. The number of nitrogens with one attached hydrogen (secondary N) is 2. The fourth-order valence-corrected chi connectivity index (χ4v) is 10.6. The largest absolute Gasteiger partial charge is 0.790 e. The summed E-state index contributed by atoms with van der Waals surface area (Å²) >= 11 is -2.78. The van der Waals surface area contributed by atoms with Gasteiger partial charge in [0.25, 0.3) is 21.2 Å². The molecule has 4 heterocycles. The Kier molecular flexibility index (Phi) is 18.9. The van der Waals surface area contributed by atoms with E-state index in [1.54, 1.807) is 30.5 Å². The van der Waals surface area contributed by atoms with Gasteiger partial charge in [-0.1, -0.05) is 38.5 Å². The molecule has 384 valence electrons. The van der Waals surface area contributed by atoms with Gasteiger partial charge in [-0.3, -0.25) is 32.6 Å². The highest BCUT2D eigenvalue weighted by Crippen LogP contribution is 2.60. The van der Waals surface area contributed by atoms with Gasteiger partial charge in [0.05, 0.1) is 27.1 Å². The molecule has 70 heavy (non-hydrogen) atoms. The smallest absolute Gasteiger partial charge is 0.343 e. The fourth-order valence-electron chi connectivity index (χ4n) is 7.52. The standard InChI is InChI=1S/C40H52N5O21P3S/c1-5-43-22-26(38(50)61-4)15-16-27(43)12-9-13-32-40(2,3)29-21-28(64-70(59)60)17-18-30(29)44(32)20-8-6-7-14-33(46)41-19-10-11-25-23-45(39(51)42-36(25)49)37-35(48)34(47)31(63-37)24-62-68(55,56)66-69(57,58)65-67(52,53)54/h9-13,15-18,21-23,31,34-35,37,47-48H,5-8,14,19-20,24H2,1-4H3,(H6-,41,42,46,49,51,52,53,54,55,56,57,58,59,60)/p-4/b11-10+. The molecule has 2 aliphatic heterocycles. The number of aryl methyl sites for hydroxylation is 1. The Morgan fingerprint density at radius 2 is 1.74 bits per heavy atom. The molecule has 2 aliphatic rings. The number of nitrogens with zero attached hydrogens (tertiary/aromatic N) is 3. The van der Waals surface area contributed by atoms with Crippen LogP contribution in [0.1, 0.15) is 79.9 Å². The van der Waals surface area contributed by atoms with Gasteiger partial charge in [-0.15, -0.1) is 0 Å². The summed E-state index contributed by atoms with van der Waals surface area (Å²) in [5, 5.41) is 23.7. The molecule has 4 N–H and O–H groups in total. The maximum absolute atomic E-state index is 12.7. The predicted octanol–water partition coefficient (Wildman–Crippen LogP) is -0.677. The molecule has 0 bridgehead atoms. The number of aliphatic hydroxyl groups excluding tert-OH is 2. The number of phosphoric ester groups is 1. The second-order valence-corrected chi connectivity index (χ2v) is 20.7. The quantitative estimate of drug-likeness (QED) is 0.0300. The molecule has 7 atom stereocenters. The van der Waals surface area contributed by atoms with E-state index in [-0.39, 0.29) is 30.2 Å². The summed E-state index contributed by atoms with van der Waals surface area (Å²) in [5.41, 5.74) is 1.05. The van der Waals surface area contributed by atoms with E-state index in [0.29, 0.717) is 42.5 Å². The maximum Gasteiger partial charge on any atom is 0.343 e. The summed E-state index contributed by atoms with van der Waals surface area (Å²) in [7, 11) is -17.2. The first-order valence-corrected chi connectivity index (χ1v) is 26.4. The van der Waals surface area contributed by atoms with Crippen molar-refractivity contribution in [2.24, 2.45) is 0 Å². The Morgan fingerprint density at radius 3 is 2.41 bits per heavy atom. The third-order valence-electron chi connectivity index (χ3n) is 10.8. The van der Waals surface area contributed by atoms with Crippen molar-refractivity contribution in [3.8, 4) is 5.75 Å². The Hall–Kier alpha value is -4.79. The average Bonchev–Trinajstić information content (AvgIpc) is 3.66. The SMILES string of the molecule is CC[n+]1cc(C(=O)OC)ccc1C=CC=C1N(CCCCCC(=O)NC/C=C/c2cn(C3OC(COP(=O)([O-])OP(=O)([O-])OP(=O)([O-])[O-])C(O)C3O)c(=O)[nH]c2=O)c2ccc(OS(=O)[O-])cc2C1(C)C. The van der Waals surface area contributed by atoms with Gasteiger partial charge in [-0.05, 0) is 55.7 Å². The first-order chi connectivity index (χ1) is 32.8.